The van der Waals surface area contributed by atoms with Crippen molar-refractivity contribution in [3.05, 3.63) is 57.2 Å². The summed E-state index contributed by atoms with van der Waals surface area (Å²) in [5, 5.41) is 10.9. The third kappa shape index (κ3) is 4.38. The van der Waals surface area contributed by atoms with Gasteiger partial charge in [-0.2, -0.15) is 5.26 Å². The maximum atomic E-state index is 12.4. The first kappa shape index (κ1) is 22.7. The van der Waals surface area contributed by atoms with Gasteiger partial charge in [0.25, 0.3) is 0 Å². The molecule has 0 radical (unpaired) electrons. The number of nitriles is 1. The van der Waals surface area contributed by atoms with Gasteiger partial charge in [0.1, 0.15) is 11.6 Å². The Bertz CT molecular complexity index is 1070. The molecule has 0 fully saturated rings. The van der Waals surface area contributed by atoms with Gasteiger partial charge in [0.15, 0.2) is 0 Å². The van der Waals surface area contributed by atoms with E-state index in [1.54, 1.807) is 6.92 Å². The maximum absolute atomic E-state index is 12.4. The number of benzene rings is 1. The van der Waals surface area contributed by atoms with Crippen LogP contribution in [-0.2, 0) is 22.4 Å². The van der Waals surface area contributed by atoms with Crippen LogP contribution >= 0.6 is 11.8 Å². The molecule has 3 aliphatic rings. The lowest BCUT2D eigenvalue weighted by molar-refractivity contribution is -0.138. The molecule has 4 nitrogen and oxygen atoms in total. The summed E-state index contributed by atoms with van der Waals surface area (Å²) in [4.78, 5) is 16.2. The molecule has 0 aromatic heterocycles. The molecule has 1 aliphatic heterocycles. The summed E-state index contributed by atoms with van der Waals surface area (Å²) >= 11 is 1.88. The van der Waals surface area contributed by atoms with E-state index in [0.29, 0.717) is 6.42 Å². The molecule has 0 saturated carbocycles. The van der Waals surface area contributed by atoms with Crippen molar-refractivity contribution in [1.29, 1.82) is 5.26 Å². The average Bonchev–Trinajstić information content (AvgIpc) is 3.10. The summed E-state index contributed by atoms with van der Waals surface area (Å²) in [6.07, 6.45) is 10.8. The van der Waals surface area contributed by atoms with Crippen molar-refractivity contribution < 1.29 is 9.53 Å². The fourth-order valence-corrected chi connectivity index (χ4v) is 6.54. The lowest BCUT2D eigenvalue weighted by Crippen LogP contribution is -2.21. The van der Waals surface area contributed by atoms with E-state index in [1.807, 2.05) is 17.8 Å². The Hall–Kier alpha value is -2.45. The first-order valence-corrected chi connectivity index (χ1v) is 12.5. The molecule has 1 aromatic carbocycles. The number of fused-ring (bicyclic) bond motifs is 3. The zero-order chi connectivity index (χ0) is 22.9. The minimum Gasteiger partial charge on any atom is -0.462 e. The van der Waals surface area contributed by atoms with Gasteiger partial charge in [-0.1, -0.05) is 37.8 Å². The number of nitrogens with zero attached hydrogens (tertiary/aromatic N) is 2. The van der Waals surface area contributed by atoms with E-state index < -0.39 is 5.97 Å². The summed E-state index contributed by atoms with van der Waals surface area (Å²) in [6.45, 7) is 9.54. The highest BCUT2D eigenvalue weighted by molar-refractivity contribution is 8.03. The van der Waals surface area contributed by atoms with Gasteiger partial charge in [0.05, 0.1) is 17.3 Å². The molecule has 0 unspecified atom stereocenters. The van der Waals surface area contributed by atoms with Crippen molar-refractivity contribution in [2.24, 2.45) is 5.41 Å². The smallest absolute Gasteiger partial charge is 0.349 e. The molecule has 0 N–H and O–H groups in total. The van der Waals surface area contributed by atoms with E-state index in [4.69, 9.17) is 4.74 Å². The van der Waals surface area contributed by atoms with Crippen molar-refractivity contribution in [3.63, 3.8) is 0 Å². The van der Waals surface area contributed by atoms with Gasteiger partial charge in [-0.15, -0.1) is 0 Å². The van der Waals surface area contributed by atoms with Crippen LogP contribution in [0.5, 0.6) is 0 Å². The third-order valence-corrected chi connectivity index (χ3v) is 7.68. The van der Waals surface area contributed by atoms with Crippen LogP contribution in [0.1, 0.15) is 64.5 Å². The van der Waals surface area contributed by atoms with Crippen molar-refractivity contribution in [1.82, 2.24) is 0 Å². The number of hydrogen-bond donors (Lipinski definition) is 0. The van der Waals surface area contributed by atoms with Crippen molar-refractivity contribution in [3.8, 4) is 6.07 Å². The zero-order valence-corrected chi connectivity index (χ0v) is 20.4. The van der Waals surface area contributed by atoms with Gasteiger partial charge < -0.3 is 9.64 Å². The highest BCUT2D eigenvalue weighted by Crippen LogP contribution is 2.51. The van der Waals surface area contributed by atoms with Crippen LogP contribution in [0.25, 0.3) is 0 Å². The molecular formula is C27H32N2O2S. The summed E-state index contributed by atoms with van der Waals surface area (Å²) < 4.78 is 5.14. The Kier molecular flexibility index (Phi) is 6.53. The van der Waals surface area contributed by atoms with E-state index in [1.165, 1.54) is 52.4 Å². The van der Waals surface area contributed by atoms with Crippen molar-refractivity contribution in [2.45, 2.75) is 71.1 Å². The van der Waals surface area contributed by atoms with Crippen LogP contribution in [0.15, 0.2) is 50.9 Å². The Morgan fingerprint density at radius 3 is 2.75 bits per heavy atom. The molecule has 32 heavy (non-hydrogen) atoms. The molecule has 0 spiro atoms. The second kappa shape index (κ2) is 9.19. The number of hydrogen-bond acceptors (Lipinski definition) is 5. The fourth-order valence-electron chi connectivity index (χ4n) is 5.14. The van der Waals surface area contributed by atoms with E-state index >= 15 is 0 Å². The Morgan fingerprint density at radius 1 is 1.25 bits per heavy atom. The topological polar surface area (TPSA) is 53.3 Å². The molecule has 0 saturated heterocycles. The van der Waals surface area contributed by atoms with Crippen LogP contribution in [0.2, 0.25) is 0 Å². The summed E-state index contributed by atoms with van der Waals surface area (Å²) in [6, 6.07) is 6.71. The lowest BCUT2D eigenvalue weighted by Gasteiger charge is -2.31. The third-order valence-electron chi connectivity index (χ3n) is 6.47. The Labute approximate surface area is 196 Å². The average molecular weight is 449 g/mol. The Morgan fingerprint density at radius 2 is 2.03 bits per heavy atom. The number of aryl methyl sites for hydroxylation is 1. The summed E-state index contributed by atoms with van der Waals surface area (Å²) in [5.74, 6) is -0.518. The van der Waals surface area contributed by atoms with Gasteiger partial charge >= 0.3 is 5.97 Å². The molecular weight excluding hydrogens is 416 g/mol. The lowest BCUT2D eigenvalue weighted by atomic mass is 9.74. The van der Waals surface area contributed by atoms with Crippen LogP contribution < -0.4 is 4.90 Å². The van der Waals surface area contributed by atoms with Crippen LogP contribution in [0.4, 0.5) is 5.69 Å². The molecule has 168 valence electrons. The van der Waals surface area contributed by atoms with Gasteiger partial charge in [-0.3, -0.25) is 0 Å². The number of carbonyl (C=O) groups is 1. The van der Waals surface area contributed by atoms with Crippen LogP contribution in [0.3, 0.4) is 0 Å². The van der Waals surface area contributed by atoms with Crippen LogP contribution in [0, 0.1) is 16.7 Å². The minimum atomic E-state index is -0.518. The maximum Gasteiger partial charge on any atom is 0.349 e. The fraction of sp³-hybridized carbons (Fsp3) is 0.481. The highest BCUT2D eigenvalue weighted by Gasteiger charge is 2.32. The second-order valence-corrected chi connectivity index (χ2v) is 10.6. The van der Waals surface area contributed by atoms with E-state index in [0.717, 1.165) is 24.1 Å². The molecule has 0 atom stereocenters. The summed E-state index contributed by atoms with van der Waals surface area (Å²) in [5.41, 5.74) is 6.42. The van der Waals surface area contributed by atoms with Crippen LogP contribution in [-0.4, -0.2) is 19.1 Å². The second-order valence-electron chi connectivity index (χ2n) is 9.56. The van der Waals surface area contributed by atoms with Crippen molar-refractivity contribution in [2.75, 3.05) is 18.1 Å². The number of carbonyl (C=O) groups excluding carboxylic acids is 1. The van der Waals surface area contributed by atoms with E-state index in [9.17, 15) is 10.1 Å². The first-order valence-electron chi connectivity index (χ1n) is 11.7. The van der Waals surface area contributed by atoms with E-state index in [-0.39, 0.29) is 17.6 Å². The molecule has 0 bridgehead atoms. The number of anilines is 1. The summed E-state index contributed by atoms with van der Waals surface area (Å²) in [7, 11) is 0. The Balaban J connectivity index is 1.74. The number of thioether (sulfide) groups is 1. The van der Waals surface area contributed by atoms with Gasteiger partial charge in [0.2, 0.25) is 0 Å². The van der Waals surface area contributed by atoms with Crippen molar-refractivity contribution >= 4 is 23.4 Å². The predicted molar refractivity (Wildman–Crippen MR) is 130 cm³/mol. The normalized spacial score (nSPS) is 22.0. The predicted octanol–water partition coefficient (Wildman–Crippen LogP) is 6.47. The minimum absolute atomic E-state index is 0.0304. The number of esters is 1. The number of rotatable bonds is 4. The van der Waals surface area contributed by atoms with E-state index in [2.05, 4.69) is 49.9 Å². The van der Waals surface area contributed by atoms with Gasteiger partial charge in [-0.05, 0) is 92.2 Å². The molecule has 5 heteroatoms. The standard InChI is InChI=1S/C27H32N2O2S/c1-5-29-23-12-11-19-9-7-8-10-21(19)25(23)32-24(29)14-18-13-20(16-27(3,4)15-18)22(17-28)26(30)31-6-2/h11-14H,5-10,15-16H2,1-4H3. The molecule has 1 aromatic rings. The highest BCUT2D eigenvalue weighted by atomic mass is 32.2. The number of allylic oxidation sites excluding steroid dienone is 4. The van der Waals surface area contributed by atoms with Gasteiger partial charge in [-0.25, -0.2) is 4.79 Å². The molecule has 2 aliphatic carbocycles. The first-order chi connectivity index (χ1) is 15.4. The SMILES string of the molecule is CCOC(=O)C(C#N)=C1C=C(C=C2Sc3c(ccc4c3CCCC4)N2CC)CC(C)(C)C1. The molecule has 4 rings (SSSR count). The monoisotopic (exact) mass is 448 g/mol. The zero-order valence-electron chi connectivity index (χ0n) is 19.6. The largest absolute Gasteiger partial charge is 0.462 e. The van der Waals surface area contributed by atoms with Gasteiger partial charge in [0, 0.05) is 11.4 Å². The quantitative estimate of drug-likeness (QED) is 0.300. The number of ether oxygens (including phenoxy) is 1. The molecule has 1 heterocycles. The molecule has 0 amide bonds.